The lowest BCUT2D eigenvalue weighted by molar-refractivity contribution is -0.341. The Morgan fingerprint density at radius 1 is 1.33 bits per heavy atom. The fourth-order valence-electron chi connectivity index (χ4n) is 0.515. The van der Waals surface area contributed by atoms with Crippen LogP contribution in [-0.4, -0.2) is 12.1 Å². The molecule has 0 aliphatic carbocycles. The quantitative estimate of drug-likeness (QED) is 0.385. The molecule has 0 spiro atoms. The van der Waals surface area contributed by atoms with Crippen molar-refractivity contribution >= 4 is 12.7 Å². The smallest absolute Gasteiger partial charge is 0.0259 e. The van der Waals surface area contributed by atoms with E-state index in [1.54, 1.807) is 12.1 Å². The van der Waals surface area contributed by atoms with Gasteiger partial charge < -0.3 is 10.0 Å². The van der Waals surface area contributed by atoms with E-state index >= 15 is 0 Å². The van der Waals surface area contributed by atoms with Crippen LogP contribution in [0.2, 0.25) is 0 Å². The van der Waals surface area contributed by atoms with Crippen molar-refractivity contribution in [3.8, 4) is 0 Å². The summed E-state index contributed by atoms with van der Waals surface area (Å²) in [6.45, 7) is 0. The third-order valence-electron chi connectivity index (χ3n) is 0.929. The third kappa shape index (κ3) is 1.52. The minimum atomic E-state index is -1.95. The first-order chi connectivity index (χ1) is 4.30. The monoisotopic (exact) mass is 121 g/mol. The SMILES string of the molecule is [O-]B([O-])c1ccccn1. The Labute approximate surface area is 53.1 Å². The van der Waals surface area contributed by atoms with Crippen molar-refractivity contribution in [2.24, 2.45) is 0 Å². The minimum absolute atomic E-state index is 0.0532. The van der Waals surface area contributed by atoms with Gasteiger partial charge in [-0.05, 0) is 18.8 Å². The zero-order valence-corrected chi connectivity index (χ0v) is 4.65. The Balaban J connectivity index is 2.85. The van der Waals surface area contributed by atoms with Gasteiger partial charge in [-0.2, -0.15) is 0 Å². The summed E-state index contributed by atoms with van der Waals surface area (Å²) in [7, 11) is -1.95. The largest absolute Gasteiger partial charge is 0.888 e. The molecular formula is C5H4BNO2-2. The van der Waals surface area contributed by atoms with Gasteiger partial charge >= 0.3 is 0 Å². The molecule has 0 unspecified atom stereocenters. The summed E-state index contributed by atoms with van der Waals surface area (Å²) in [5, 5.41) is 20.2. The van der Waals surface area contributed by atoms with E-state index < -0.39 is 7.12 Å². The van der Waals surface area contributed by atoms with Crippen molar-refractivity contribution in [2.45, 2.75) is 0 Å². The summed E-state index contributed by atoms with van der Waals surface area (Å²) in [6, 6.07) is 4.70. The second kappa shape index (κ2) is 2.61. The third-order valence-corrected chi connectivity index (χ3v) is 0.929. The van der Waals surface area contributed by atoms with Gasteiger partial charge in [0.1, 0.15) is 0 Å². The molecule has 9 heavy (non-hydrogen) atoms. The number of pyridine rings is 1. The van der Waals surface area contributed by atoms with Gasteiger partial charge in [-0.25, -0.2) is 0 Å². The lowest BCUT2D eigenvalue weighted by Crippen LogP contribution is -2.56. The van der Waals surface area contributed by atoms with Crippen LogP contribution in [0.3, 0.4) is 0 Å². The van der Waals surface area contributed by atoms with Gasteiger partial charge in [-0.1, -0.05) is 12.1 Å². The molecule has 1 aromatic heterocycles. The fourth-order valence-corrected chi connectivity index (χ4v) is 0.515. The lowest BCUT2D eigenvalue weighted by Gasteiger charge is -2.24. The van der Waals surface area contributed by atoms with Crippen LogP contribution in [0.4, 0.5) is 0 Å². The van der Waals surface area contributed by atoms with E-state index in [1.165, 1.54) is 12.3 Å². The predicted octanol–water partition coefficient (Wildman–Crippen LogP) is -2.50. The molecule has 0 aromatic carbocycles. The van der Waals surface area contributed by atoms with E-state index in [0.29, 0.717) is 0 Å². The predicted molar refractivity (Wildman–Crippen MR) is 29.6 cm³/mol. The van der Waals surface area contributed by atoms with E-state index in [2.05, 4.69) is 4.98 Å². The Morgan fingerprint density at radius 3 is 2.44 bits per heavy atom. The Bertz CT molecular complexity index is 178. The molecule has 0 amide bonds. The summed E-state index contributed by atoms with van der Waals surface area (Å²) in [5.41, 5.74) is 0.0532. The molecule has 0 aliphatic heterocycles. The molecular weight excluding hydrogens is 117 g/mol. The molecule has 0 radical (unpaired) electrons. The molecule has 0 bridgehead atoms. The molecule has 0 saturated carbocycles. The molecule has 1 aromatic rings. The van der Waals surface area contributed by atoms with Gasteiger partial charge in [-0.3, -0.25) is 4.98 Å². The molecule has 4 heteroatoms. The van der Waals surface area contributed by atoms with Gasteiger partial charge in [0, 0.05) is 6.20 Å². The Hall–Kier alpha value is -0.865. The zero-order chi connectivity index (χ0) is 6.69. The average molecular weight is 121 g/mol. The maximum Gasteiger partial charge on any atom is 0.0259 e. The van der Waals surface area contributed by atoms with Crippen LogP contribution < -0.4 is 15.6 Å². The van der Waals surface area contributed by atoms with E-state index in [4.69, 9.17) is 0 Å². The number of nitrogens with zero attached hydrogens (tertiary/aromatic N) is 1. The molecule has 0 fully saturated rings. The van der Waals surface area contributed by atoms with Crippen LogP contribution in [0.25, 0.3) is 0 Å². The van der Waals surface area contributed by atoms with E-state index in [0.717, 1.165) is 0 Å². The molecule has 1 heterocycles. The second-order valence-corrected chi connectivity index (χ2v) is 1.59. The number of aromatic nitrogens is 1. The number of rotatable bonds is 1. The van der Waals surface area contributed by atoms with Crippen molar-refractivity contribution in [1.82, 2.24) is 4.98 Å². The summed E-state index contributed by atoms with van der Waals surface area (Å²) >= 11 is 0. The van der Waals surface area contributed by atoms with Crippen molar-refractivity contribution in [3.05, 3.63) is 24.4 Å². The average Bonchev–Trinajstić information content (AvgIpc) is 1.90. The number of hydrogen-bond acceptors (Lipinski definition) is 3. The van der Waals surface area contributed by atoms with Gasteiger partial charge in [0.25, 0.3) is 0 Å². The van der Waals surface area contributed by atoms with Crippen LogP contribution in [0.5, 0.6) is 0 Å². The molecule has 0 aliphatic rings. The molecule has 46 valence electrons. The van der Waals surface area contributed by atoms with Crippen LogP contribution in [0, 0.1) is 0 Å². The first-order valence-corrected chi connectivity index (χ1v) is 2.53. The fraction of sp³-hybridized carbons (Fsp3) is 0. The highest BCUT2D eigenvalue weighted by Gasteiger charge is 1.82. The van der Waals surface area contributed by atoms with E-state index in [1.807, 2.05) is 0 Å². The minimum Gasteiger partial charge on any atom is -0.888 e. The van der Waals surface area contributed by atoms with E-state index in [9.17, 15) is 10.0 Å². The van der Waals surface area contributed by atoms with Gasteiger partial charge in [0.05, 0.1) is 0 Å². The lowest BCUT2D eigenvalue weighted by atomic mass is 9.86. The molecule has 3 nitrogen and oxygen atoms in total. The van der Waals surface area contributed by atoms with Crippen LogP contribution in [0.1, 0.15) is 0 Å². The van der Waals surface area contributed by atoms with Crippen LogP contribution >= 0.6 is 0 Å². The van der Waals surface area contributed by atoms with Crippen molar-refractivity contribution in [3.63, 3.8) is 0 Å². The van der Waals surface area contributed by atoms with Crippen molar-refractivity contribution < 1.29 is 10.0 Å². The summed E-state index contributed by atoms with van der Waals surface area (Å²) in [6.07, 6.45) is 1.43. The normalized spacial score (nSPS) is 9.11. The Morgan fingerprint density at radius 2 is 2.11 bits per heavy atom. The standard InChI is InChI=1S/C5H4BNO2/c8-6(9)5-3-1-2-4-7-5/h1-4H/q-2. The maximum atomic E-state index is 10.1. The Kier molecular flexibility index (Phi) is 1.82. The van der Waals surface area contributed by atoms with Crippen LogP contribution in [0.15, 0.2) is 24.4 Å². The first-order valence-electron chi connectivity index (χ1n) is 2.53. The van der Waals surface area contributed by atoms with Crippen molar-refractivity contribution in [2.75, 3.05) is 0 Å². The maximum absolute atomic E-state index is 10.1. The van der Waals surface area contributed by atoms with Gasteiger partial charge in [0.15, 0.2) is 0 Å². The zero-order valence-electron chi connectivity index (χ0n) is 4.65. The molecule has 0 atom stereocenters. The van der Waals surface area contributed by atoms with Crippen LogP contribution in [-0.2, 0) is 0 Å². The highest BCUT2D eigenvalue weighted by molar-refractivity contribution is 6.54. The summed E-state index contributed by atoms with van der Waals surface area (Å²) in [4.78, 5) is 3.55. The summed E-state index contributed by atoms with van der Waals surface area (Å²) < 4.78 is 0. The summed E-state index contributed by atoms with van der Waals surface area (Å²) in [5.74, 6) is 0. The second-order valence-electron chi connectivity index (χ2n) is 1.59. The first kappa shape index (κ1) is 6.26. The van der Waals surface area contributed by atoms with Crippen molar-refractivity contribution in [1.29, 1.82) is 0 Å². The topological polar surface area (TPSA) is 59.0 Å². The molecule has 1 rings (SSSR count). The molecule has 0 saturated heterocycles. The van der Waals surface area contributed by atoms with Gasteiger partial charge in [-0.15, -0.1) is 0 Å². The van der Waals surface area contributed by atoms with Gasteiger partial charge in [0.2, 0.25) is 0 Å². The van der Waals surface area contributed by atoms with E-state index in [-0.39, 0.29) is 5.59 Å². The number of hydrogen-bond donors (Lipinski definition) is 0. The highest BCUT2D eigenvalue weighted by atomic mass is 16.4. The molecule has 0 N–H and O–H groups in total. The highest BCUT2D eigenvalue weighted by Crippen LogP contribution is 1.73.